The van der Waals surface area contributed by atoms with Crippen LogP contribution in [0.15, 0.2) is 0 Å². The van der Waals surface area contributed by atoms with Crippen LogP contribution in [0.4, 0.5) is 0 Å². The van der Waals surface area contributed by atoms with Crippen molar-refractivity contribution in [2.24, 2.45) is 11.8 Å². The summed E-state index contributed by atoms with van der Waals surface area (Å²) in [4.78, 5) is 29.1. The predicted molar refractivity (Wildman–Crippen MR) is 89.0 cm³/mol. The van der Waals surface area contributed by atoms with Gasteiger partial charge in [0.1, 0.15) is 0 Å². The van der Waals surface area contributed by atoms with E-state index in [1.54, 1.807) is 0 Å². The Hall–Kier alpha value is -1.14. The smallest absolute Gasteiger partial charge is 0.308 e. The van der Waals surface area contributed by atoms with E-state index < -0.39 is 24.2 Å². The zero-order chi connectivity index (χ0) is 17.4. The Morgan fingerprint density at radius 1 is 1.25 bits per heavy atom. The fourth-order valence-corrected chi connectivity index (χ4v) is 3.96. The third-order valence-electron chi connectivity index (χ3n) is 5.32. The number of ether oxygens (including phenoxy) is 1. The summed E-state index contributed by atoms with van der Waals surface area (Å²) < 4.78 is 5.52. The van der Waals surface area contributed by atoms with E-state index in [0.29, 0.717) is 31.8 Å². The van der Waals surface area contributed by atoms with Crippen LogP contribution >= 0.6 is 0 Å². The molecule has 3 atom stereocenters. The Balaban J connectivity index is 2.01. The maximum atomic E-state index is 11.9. The van der Waals surface area contributed by atoms with Crippen molar-refractivity contribution >= 4 is 12.4 Å². The molecule has 1 aliphatic heterocycles. The lowest BCUT2D eigenvalue weighted by atomic mass is 9.80. The van der Waals surface area contributed by atoms with Gasteiger partial charge >= 0.3 is 5.97 Å². The van der Waals surface area contributed by atoms with Crippen molar-refractivity contribution in [1.29, 1.82) is 0 Å². The van der Waals surface area contributed by atoms with Crippen molar-refractivity contribution in [3.8, 4) is 0 Å². The van der Waals surface area contributed by atoms with E-state index in [0.717, 1.165) is 32.1 Å². The molecular formula is C18H31NO5. The number of nitrogens with zero attached hydrogens (tertiary/aromatic N) is 1. The molecule has 6 heteroatoms. The Labute approximate surface area is 144 Å². The van der Waals surface area contributed by atoms with Gasteiger partial charge in [-0.2, -0.15) is 0 Å². The highest BCUT2D eigenvalue weighted by Gasteiger charge is 2.35. The average molecular weight is 341 g/mol. The van der Waals surface area contributed by atoms with Crippen LogP contribution in [0.2, 0.25) is 0 Å². The number of carbonyl (C=O) groups excluding carboxylic acids is 1. The lowest BCUT2D eigenvalue weighted by Gasteiger charge is -2.36. The van der Waals surface area contributed by atoms with E-state index in [1.165, 1.54) is 24.3 Å². The minimum atomic E-state index is -0.840. The molecule has 1 amide bonds. The number of hydrogen-bond donors (Lipinski definition) is 1. The molecule has 0 radical (unpaired) electrons. The van der Waals surface area contributed by atoms with Gasteiger partial charge in [0.15, 0.2) is 6.29 Å². The molecule has 6 nitrogen and oxygen atoms in total. The molecule has 0 aromatic carbocycles. The fourth-order valence-electron chi connectivity index (χ4n) is 3.96. The van der Waals surface area contributed by atoms with Crippen molar-refractivity contribution in [3.05, 3.63) is 0 Å². The summed E-state index contributed by atoms with van der Waals surface area (Å²) in [5.41, 5.74) is 0. The number of amides is 1. The van der Waals surface area contributed by atoms with Crippen molar-refractivity contribution in [2.75, 3.05) is 6.61 Å². The van der Waals surface area contributed by atoms with Crippen LogP contribution in [0, 0.1) is 11.8 Å². The van der Waals surface area contributed by atoms with Crippen LogP contribution in [0.5, 0.6) is 0 Å². The van der Waals surface area contributed by atoms with Gasteiger partial charge in [0.25, 0.3) is 0 Å². The minimum absolute atomic E-state index is 0.438. The second-order valence-electron chi connectivity index (χ2n) is 7.03. The van der Waals surface area contributed by atoms with Crippen molar-refractivity contribution in [3.63, 3.8) is 0 Å². The van der Waals surface area contributed by atoms with Crippen LogP contribution in [0.1, 0.15) is 71.1 Å². The first-order valence-electron chi connectivity index (χ1n) is 9.40. The Morgan fingerprint density at radius 3 is 2.50 bits per heavy atom. The van der Waals surface area contributed by atoms with Gasteiger partial charge in [0.05, 0.1) is 12.0 Å². The van der Waals surface area contributed by atoms with Crippen molar-refractivity contribution in [2.45, 2.75) is 83.5 Å². The first-order chi connectivity index (χ1) is 11.7. The molecule has 0 spiro atoms. The number of carbonyl (C=O) groups is 2. The Bertz CT molecular complexity index is 391. The number of carboxylic acid groups (broad SMARTS) is 1. The molecule has 1 heterocycles. The van der Waals surface area contributed by atoms with Gasteiger partial charge in [0, 0.05) is 13.0 Å². The van der Waals surface area contributed by atoms with Gasteiger partial charge in [-0.25, -0.2) is 9.90 Å². The van der Waals surface area contributed by atoms with Crippen molar-refractivity contribution in [1.82, 2.24) is 5.06 Å². The van der Waals surface area contributed by atoms with Gasteiger partial charge in [0.2, 0.25) is 6.41 Å². The molecular weight excluding hydrogens is 310 g/mol. The van der Waals surface area contributed by atoms with Gasteiger partial charge < -0.3 is 9.84 Å². The monoisotopic (exact) mass is 341 g/mol. The van der Waals surface area contributed by atoms with Crippen LogP contribution in [0.25, 0.3) is 0 Å². The number of hydrogen-bond acceptors (Lipinski definition) is 4. The van der Waals surface area contributed by atoms with Crippen LogP contribution in [-0.2, 0) is 19.2 Å². The third kappa shape index (κ3) is 5.45. The summed E-state index contributed by atoms with van der Waals surface area (Å²) in [6, 6.07) is -0.451. The number of carboxylic acids is 1. The number of rotatable bonds is 9. The van der Waals surface area contributed by atoms with E-state index in [4.69, 9.17) is 9.57 Å². The minimum Gasteiger partial charge on any atom is -0.481 e. The standard InChI is InChI=1S/C18H31NO5/c1-2-16(19(13-20)24-17-10-6-7-11-23-17)15(18(21)22)12-14-8-4-3-5-9-14/h13-17H,2-12H2,1H3,(H,21,22). The zero-order valence-electron chi connectivity index (χ0n) is 14.7. The van der Waals surface area contributed by atoms with Gasteiger partial charge in [-0.15, -0.1) is 0 Å². The van der Waals surface area contributed by atoms with E-state index >= 15 is 0 Å². The summed E-state index contributed by atoms with van der Waals surface area (Å²) in [7, 11) is 0. The molecule has 1 saturated heterocycles. The van der Waals surface area contributed by atoms with Crippen LogP contribution in [0.3, 0.4) is 0 Å². The van der Waals surface area contributed by atoms with Crippen LogP contribution in [-0.4, -0.2) is 41.5 Å². The van der Waals surface area contributed by atoms with Crippen LogP contribution < -0.4 is 0 Å². The number of aliphatic carboxylic acids is 1. The topological polar surface area (TPSA) is 76.1 Å². The third-order valence-corrected chi connectivity index (χ3v) is 5.32. The maximum Gasteiger partial charge on any atom is 0.308 e. The lowest BCUT2D eigenvalue weighted by Crippen LogP contribution is -2.46. The molecule has 2 aliphatic rings. The van der Waals surface area contributed by atoms with E-state index in [9.17, 15) is 14.7 Å². The molecule has 0 bridgehead atoms. The largest absolute Gasteiger partial charge is 0.481 e. The molecule has 24 heavy (non-hydrogen) atoms. The van der Waals surface area contributed by atoms with Crippen molar-refractivity contribution < 1.29 is 24.3 Å². The van der Waals surface area contributed by atoms with E-state index in [2.05, 4.69) is 0 Å². The van der Waals surface area contributed by atoms with Gasteiger partial charge in [-0.3, -0.25) is 9.59 Å². The van der Waals surface area contributed by atoms with Gasteiger partial charge in [-0.05, 0) is 31.6 Å². The maximum absolute atomic E-state index is 11.9. The summed E-state index contributed by atoms with van der Waals surface area (Å²) in [6.45, 7) is 2.53. The second-order valence-corrected chi connectivity index (χ2v) is 7.03. The first kappa shape index (κ1) is 19.2. The predicted octanol–water partition coefficient (Wildman–Crippen LogP) is 3.35. The molecule has 2 fully saturated rings. The summed E-state index contributed by atoms with van der Waals surface area (Å²) in [6.07, 6.45) is 9.86. The van der Waals surface area contributed by atoms with Gasteiger partial charge in [-0.1, -0.05) is 39.0 Å². The SMILES string of the molecule is CCC(C(CC1CCCCC1)C(=O)O)N(C=O)OC1CCCCO1. The Kier molecular flexibility index (Phi) is 7.99. The first-order valence-corrected chi connectivity index (χ1v) is 9.40. The highest BCUT2D eigenvalue weighted by Crippen LogP contribution is 2.32. The lowest BCUT2D eigenvalue weighted by molar-refractivity contribution is -0.290. The Morgan fingerprint density at radius 2 is 1.96 bits per heavy atom. The quantitative estimate of drug-likeness (QED) is 0.514. The highest BCUT2D eigenvalue weighted by molar-refractivity contribution is 5.71. The van der Waals surface area contributed by atoms with E-state index in [1.807, 2.05) is 6.92 Å². The molecule has 3 unspecified atom stereocenters. The average Bonchev–Trinajstić information content (AvgIpc) is 2.62. The molecule has 1 saturated carbocycles. The molecule has 1 aliphatic carbocycles. The second kappa shape index (κ2) is 9.99. The number of hydroxylamine groups is 2. The molecule has 1 N–H and O–H groups in total. The normalized spacial score (nSPS) is 25.0. The summed E-state index contributed by atoms with van der Waals surface area (Å²) >= 11 is 0. The highest BCUT2D eigenvalue weighted by atomic mass is 16.8. The molecule has 0 aromatic heterocycles. The summed E-state index contributed by atoms with van der Waals surface area (Å²) in [5, 5.41) is 10.9. The molecule has 2 rings (SSSR count). The zero-order valence-corrected chi connectivity index (χ0v) is 14.7. The molecule has 138 valence electrons. The van der Waals surface area contributed by atoms with E-state index in [-0.39, 0.29) is 0 Å². The molecule has 0 aromatic rings. The summed E-state index contributed by atoms with van der Waals surface area (Å²) in [5.74, 6) is -0.993. The fraction of sp³-hybridized carbons (Fsp3) is 0.889.